The number of rotatable bonds is 4. The first-order valence-corrected chi connectivity index (χ1v) is 9.79. The molecule has 8 heteroatoms. The highest BCUT2D eigenvalue weighted by molar-refractivity contribution is 6.02. The van der Waals surface area contributed by atoms with Gasteiger partial charge >= 0.3 is 0 Å². The van der Waals surface area contributed by atoms with Crippen molar-refractivity contribution in [2.24, 2.45) is 0 Å². The van der Waals surface area contributed by atoms with Crippen LogP contribution in [0, 0.1) is 0 Å². The maximum atomic E-state index is 6.12. The lowest BCUT2D eigenvalue weighted by Gasteiger charge is -1.96. The molecule has 7 aromatic rings. The fourth-order valence-corrected chi connectivity index (χ4v) is 3.84. The van der Waals surface area contributed by atoms with Crippen molar-refractivity contribution in [2.75, 3.05) is 0 Å². The van der Waals surface area contributed by atoms with Gasteiger partial charge in [-0.15, -0.1) is 0 Å². The normalized spacial score (nSPS) is 11.8. The summed E-state index contributed by atoms with van der Waals surface area (Å²) in [7, 11) is 0. The predicted molar refractivity (Wildman–Crippen MR) is 112 cm³/mol. The molecule has 154 valence electrons. The fourth-order valence-electron chi connectivity index (χ4n) is 3.84. The maximum Gasteiger partial charge on any atom is 0.247 e. The van der Waals surface area contributed by atoms with Crippen LogP contribution in [0.2, 0.25) is 0 Å². The standard InChI is InChI=1S/C24H12N2O6/c1-5-13(27-9-1)17-19-23(31-21(17)15-7-3-11-29-15)26-20-18(14-6-2-10-28-14)22(32-24(20)25-19)16-8-4-12-30-16/h1-12H. The van der Waals surface area contributed by atoms with Crippen LogP contribution in [0.4, 0.5) is 0 Å². The monoisotopic (exact) mass is 424 g/mol. The van der Waals surface area contributed by atoms with Crippen molar-refractivity contribution in [3.8, 4) is 45.7 Å². The van der Waals surface area contributed by atoms with Gasteiger partial charge in [0, 0.05) is 0 Å². The Morgan fingerprint density at radius 2 is 0.844 bits per heavy atom. The van der Waals surface area contributed by atoms with E-state index in [0.29, 0.717) is 68.1 Å². The van der Waals surface area contributed by atoms with Gasteiger partial charge in [0.15, 0.2) is 23.0 Å². The van der Waals surface area contributed by atoms with Crippen LogP contribution >= 0.6 is 0 Å². The Kier molecular flexibility index (Phi) is 3.40. The lowest BCUT2D eigenvalue weighted by atomic mass is 10.1. The van der Waals surface area contributed by atoms with Gasteiger partial charge in [0.25, 0.3) is 0 Å². The number of fused-ring (bicyclic) bond motifs is 2. The Morgan fingerprint density at radius 1 is 0.469 bits per heavy atom. The van der Waals surface area contributed by atoms with Crippen LogP contribution in [0.5, 0.6) is 0 Å². The zero-order chi connectivity index (χ0) is 21.1. The van der Waals surface area contributed by atoms with E-state index in [0.717, 1.165) is 0 Å². The van der Waals surface area contributed by atoms with Gasteiger partial charge in [0.05, 0.1) is 36.2 Å². The number of nitrogens with zero attached hydrogens (tertiary/aromatic N) is 2. The van der Waals surface area contributed by atoms with Gasteiger partial charge in [-0.1, -0.05) is 0 Å². The van der Waals surface area contributed by atoms with E-state index < -0.39 is 0 Å². The minimum atomic E-state index is 0.315. The Balaban J connectivity index is 1.58. The summed E-state index contributed by atoms with van der Waals surface area (Å²) >= 11 is 0. The summed E-state index contributed by atoms with van der Waals surface area (Å²) in [5.74, 6) is 3.17. The molecule has 7 heterocycles. The molecule has 7 aromatic heterocycles. The average molecular weight is 424 g/mol. The van der Waals surface area contributed by atoms with Crippen molar-refractivity contribution in [2.45, 2.75) is 0 Å². The number of furan rings is 6. The van der Waals surface area contributed by atoms with E-state index in [1.165, 1.54) is 0 Å². The van der Waals surface area contributed by atoms with Crippen molar-refractivity contribution in [3.05, 3.63) is 73.6 Å². The van der Waals surface area contributed by atoms with E-state index in [4.69, 9.17) is 36.5 Å². The van der Waals surface area contributed by atoms with Crippen LogP contribution in [0.15, 0.2) is 100 Å². The third-order valence-electron chi connectivity index (χ3n) is 5.18. The summed E-state index contributed by atoms with van der Waals surface area (Å²) in [4.78, 5) is 9.51. The van der Waals surface area contributed by atoms with Gasteiger partial charge in [-0.25, -0.2) is 9.97 Å². The van der Waals surface area contributed by atoms with E-state index in [9.17, 15) is 0 Å². The second-order valence-electron chi connectivity index (χ2n) is 7.05. The van der Waals surface area contributed by atoms with Crippen LogP contribution in [0.1, 0.15) is 0 Å². The molecule has 0 radical (unpaired) electrons. The van der Waals surface area contributed by atoms with Gasteiger partial charge in [-0.2, -0.15) is 0 Å². The molecule has 0 atom stereocenters. The Hall–Kier alpha value is -4.72. The van der Waals surface area contributed by atoms with Crippen molar-refractivity contribution >= 4 is 22.5 Å². The molecule has 0 aromatic carbocycles. The highest BCUT2D eigenvalue weighted by Crippen LogP contribution is 2.44. The van der Waals surface area contributed by atoms with Crippen LogP contribution in [0.3, 0.4) is 0 Å². The summed E-state index contributed by atoms with van der Waals surface area (Å²) in [5.41, 5.74) is 2.87. The molecule has 0 spiro atoms. The molecule has 0 N–H and O–H groups in total. The molecule has 0 amide bonds. The molecule has 32 heavy (non-hydrogen) atoms. The fraction of sp³-hybridized carbons (Fsp3) is 0. The van der Waals surface area contributed by atoms with Crippen molar-refractivity contribution in [1.29, 1.82) is 0 Å². The first-order chi connectivity index (χ1) is 15.9. The number of hydrogen-bond donors (Lipinski definition) is 0. The second kappa shape index (κ2) is 6.39. The van der Waals surface area contributed by atoms with Gasteiger partial charge in [-0.05, 0) is 48.5 Å². The third-order valence-corrected chi connectivity index (χ3v) is 5.18. The summed E-state index contributed by atoms with van der Waals surface area (Å²) < 4.78 is 34.7. The van der Waals surface area contributed by atoms with E-state index in [1.807, 2.05) is 12.1 Å². The minimum absolute atomic E-state index is 0.315. The smallest absolute Gasteiger partial charge is 0.247 e. The van der Waals surface area contributed by atoms with E-state index in [-0.39, 0.29) is 0 Å². The van der Waals surface area contributed by atoms with Crippen molar-refractivity contribution in [3.63, 3.8) is 0 Å². The number of hydrogen-bond acceptors (Lipinski definition) is 8. The number of aromatic nitrogens is 2. The topological polar surface area (TPSA) is 105 Å². The highest BCUT2D eigenvalue weighted by Gasteiger charge is 2.28. The quantitative estimate of drug-likeness (QED) is 0.297. The molecular formula is C24H12N2O6. The van der Waals surface area contributed by atoms with Crippen LogP contribution in [-0.2, 0) is 0 Å². The van der Waals surface area contributed by atoms with Crippen molar-refractivity contribution < 1.29 is 26.5 Å². The first kappa shape index (κ1) is 17.0. The second-order valence-corrected chi connectivity index (χ2v) is 7.05. The van der Waals surface area contributed by atoms with Crippen LogP contribution < -0.4 is 0 Å². The maximum absolute atomic E-state index is 6.12. The first-order valence-electron chi connectivity index (χ1n) is 9.79. The Bertz CT molecular complexity index is 1520. The van der Waals surface area contributed by atoms with E-state index >= 15 is 0 Å². The summed E-state index contributed by atoms with van der Waals surface area (Å²) in [6.45, 7) is 0. The molecule has 0 saturated carbocycles. The van der Waals surface area contributed by atoms with Gasteiger partial charge in [-0.3, -0.25) is 0 Å². The molecule has 7 rings (SSSR count). The zero-order valence-corrected chi connectivity index (χ0v) is 16.3. The lowest BCUT2D eigenvalue weighted by Crippen LogP contribution is -1.84. The SMILES string of the molecule is c1coc(-c2oc3nc4c(-c5ccco5)c(-c5ccco5)oc4nc3c2-c2ccco2)c1. The molecule has 0 bridgehead atoms. The summed E-state index contributed by atoms with van der Waals surface area (Å²) in [6, 6.07) is 14.4. The molecule has 0 fully saturated rings. The highest BCUT2D eigenvalue weighted by atomic mass is 16.4. The molecule has 0 unspecified atom stereocenters. The minimum Gasteiger partial charge on any atom is -0.464 e. The molecule has 0 saturated heterocycles. The zero-order valence-electron chi connectivity index (χ0n) is 16.3. The molecule has 0 aliphatic rings. The van der Waals surface area contributed by atoms with Crippen molar-refractivity contribution in [1.82, 2.24) is 9.97 Å². The van der Waals surface area contributed by atoms with E-state index in [2.05, 4.69) is 0 Å². The predicted octanol–water partition coefficient (Wildman–Crippen LogP) is 7.01. The summed E-state index contributed by atoms with van der Waals surface area (Å²) in [6.07, 6.45) is 6.32. The third kappa shape index (κ3) is 2.37. The Morgan fingerprint density at radius 3 is 1.19 bits per heavy atom. The molecule has 0 aliphatic heterocycles. The van der Waals surface area contributed by atoms with Gasteiger partial charge in [0.2, 0.25) is 11.4 Å². The van der Waals surface area contributed by atoms with Crippen LogP contribution in [0.25, 0.3) is 68.1 Å². The average Bonchev–Trinajstić information content (AvgIpc) is 3.64. The lowest BCUT2D eigenvalue weighted by molar-refractivity contribution is 0.535. The van der Waals surface area contributed by atoms with E-state index in [1.54, 1.807) is 61.5 Å². The molecule has 8 nitrogen and oxygen atoms in total. The molecular weight excluding hydrogens is 412 g/mol. The Labute approximate surface area is 178 Å². The van der Waals surface area contributed by atoms with Crippen LogP contribution in [-0.4, -0.2) is 9.97 Å². The van der Waals surface area contributed by atoms with Gasteiger partial charge in [0.1, 0.15) is 22.6 Å². The van der Waals surface area contributed by atoms with Gasteiger partial charge < -0.3 is 26.5 Å². The molecule has 0 aliphatic carbocycles. The summed E-state index contributed by atoms with van der Waals surface area (Å²) in [5, 5.41) is 0. The largest absolute Gasteiger partial charge is 0.464 e.